The highest BCUT2D eigenvalue weighted by Crippen LogP contribution is 2.60. The van der Waals surface area contributed by atoms with Crippen LogP contribution in [0.3, 0.4) is 0 Å². The van der Waals surface area contributed by atoms with Crippen LogP contribution in [0.2, 0.25) is 0 Å². The Morgan fingerprint density at radius 2 is 0.655 bits per heavy atom. The molecular formula is C72H97N22O37P7S7. The molecule has 0 radical (unpaired) electrons. The number of anilines is 4. The first-order valence-corrected chi connectivity index (χ1v) is 61.8. The SMILES string of the molecule is CC[C@H]1O[C@@H](n2cc(C)c(=O)[nH]c2=O)CC1OP(O)(=S)OC[C@H]1O[C@@H](n2cc(C)c(N)nc2=O)CC1OP(=O)(S)OC[C@H]1O[C@@H](n2cc(C)c(=O)[nH]c2=O)CC1OP(O)(=S)OC[C@H]1O[C@@H](n2cc(C)c(N)nc2=O)CC1OP(O)(=S)OC[C@H]1O[C@@H](n2cnc3c(N)ncnc32)CC1OP(O)(=S)OC[C@H]1O[C@@H](n2cc(C)c(=O)[nH]c2=O)CC1OP(O)(=S)OC[C@H]1O[C@@H](n2cnc3c(=O)[nH]c(N)nc32)CC1OP(O)(=S)OC. The Bertz CT molecular complexity index is 7390. The van der Waals surface area contributed by atoms with E-state index in [2.05, 4.69) is 67.1 Å². The van der Waals surface area contributed by atoms with Crippen LogP contribution in [0, 0.1) is 34.6 Å². The fourth-order valence-electron chi connectivity index (χ4n) is 16.8. The van der Waals surface area contributed by atoms with E-state index in [0.717, 1.165) is 31.7 Å². The van der Waals surface area contributed by atoms with E-state index in [1.165, 1.54) is 85.0 Å². The lowest BCUT2D eigenvalue weighted by molar-refractivity contribution is -0.0571. The largest absolute Gasteiger partial charge is 0.386 e. The van der Waals surface area contributed by atoms with Gasteiger partial charge in [-0.2, -0.15) is 15.0 Å². The second-order valence-electron chi connectivity index (χ2n) is 34.0. The quantitative estimate of drug-likeness (QED) is 0.0189. The highest BCUT2D eigenvalue weighted by atomic mass is 32.7. The van der Waals surface area contributed by atoms with E-state index in [0.29, 0.717) is 17.5 Å². The number of imidazole rings is 2. The summed E-state index contributed by atoms with van der Waals surface area (Å²) in [4.78, 5) is 226. The van der Waals surface area contributed by atoms with Crippen LogP contribution in [-0.2, 0) is 172 Å². The molecule has 0 aliphatic carbocycles. The number of aromatic nitrogens is 18. The second kappa shape index (κ2) is 44.5. The van der Waals surface area contributed by atoms with Gasteiger partial charge in [-0.15, -0.1) is 0 Å². The maximum absolute atomic E-state index is 14.8. The van der Waals surface area contributed by atoms with Crippen LogP contribution in [0.1, 0.15) is 130 Å². The van der Waals surface area contributed by atoms with Gasteiger partial charge in [-0.3, -0.25) is 80.1 Å². The van der Waals surface area contributed by atoms with Crippen molar-refractivity contribution in [3.05, 3.63) is 172 Å². The summed E-state index contributed by atoms with van der Waals surface area (Å²) in [6.45, 7) is -27.3. The van der Waals surface area contributed by atoms with Crippen LogP contribution < -0.4 is 73.6 Å². The summed E-state index contributed by atoms with van der Waals surface area (Å²) in [5.41, 5.74) is 18.0. The molecule has 9 aromatic rings. The molecule has 73 heteroatoms. The minimum absolute atomic E-state index is 0.00782. The first kappa shape index (κ1) is 111. The van der Waals surface area contributed by atoms with Crippen LogP contribution in [0.4, 0.5) is 23.4 Å². The Morgan fingerprint density at radius 1 is 0.366 bits per heavy atom. The molecule has 794 valence electrons. The Labute approximate surface area is 850 Å². The van der Waals surface area contributed by atoms with Crippen molar-refractivity contribution in [3.8, 4) is 0 Å². The van der Waals surface area contributed by atoms with Gasteiger partial charge in [-0.05, 0) is 112 Å². The average Bonchev–Trinajstić information content (AvgIpc) is 1.63. The Hall–Kier alpha value is -6.70. The van der Waals surface area contributed by atoms with Crippen molar-refractivity contribution >= 4 is 176 Å². The van der Waals surface area contributed by atoms with E-state index < -0.39 is 273 Å². The molecule has 7 aliphatic rings. The topological polar surface area (TPSA) is 778 Å². The number of hydrogen-bond acceptors (Lipinski definition) is 48. The lowest BCUT2D eigenvalue weighted by Gasteiger charge is -2.28. The number of hydrogen-bond donors (Lipinski definition) is 15. The van der Waals surface area contributed by atoms with Gasteiger partial charge in [0.1, 0.15) is 110 Å². The second-order valence-corrected chi connectivity index (χ2v) is 53.7. The fraction of sp³-hybridized carbons (Fsp3) is 0.583. The molecule has 16 heterocycles. The van der Waals surface area contributed by atoms with Gasteiger partial charge < -0.3 is 140 Å². The summed E-state index contributed by atoms with van der Waals surface area (Å²) >= 11 is 37.6. The first-order chi connectivity index (χ1) is 68.2. The van der Waals surface area contributed by atoms with E-state index in [1.807, 2.05) is 0 Å². The number of H-pyrrole nitrogens is 4. The molecule has 28 atom stereocenters. The van der Waals surface area contributed by atoms with Crippen molar-refractivity contribution in [1.82, 2.24) is 86.8 Å². The van der Waals surface area contributed by atoms with Crippen molar-refractivity contribution in [2.75, 3.05) is 69.7 Å². The van der Waals surface area contributed by atoms with Gasteiger partial charge in [0, 0.05) is 111 Å². The van der Waals surface area contributed by atoms with Crippen LogP contribution in [0.5, 0.6) is 0 Å². The van der Waals surface area contributed by atoms with Gasteiger partial charge in [-0.1, -0.05) is 19.2 Å². The monoisotopic (exact) mass is 2300 g/mol. The Balaban J connectivity index is 0.605. The number of rotatable bonds is 41. The summed E-state index contributed by atoms with van der Waals surface area (Å²) in [5.74, 6) is -0.502. The molecule has 14 unspecified atom stereocenters. The van der Waals surface area contributed by atoms with E-state index in [9.17, 15) is 77.1 Å². The number of aryl methyl sites for hydroxylation is 5. The molecule has 7 fully saturated rings. The molecule has 0 aromatic carbocycles. The van der Waals surface area contributed by atoms with Gasteiger partial charge in [0.25, 0.3) is 22.2 Å². The average molecular weight is 2300 g/mol. The smallest absolute Gasteiger partial charge is 0.383 e. The minimum atomic E-state index is -4.80. The highest BCUT2D eigenvalue weighted by molar-refractivity contribution is 8.44. The van der Waals surface area contributed by atoms with Gasteiger partial charge in [0.15, 0.2) is 22.6 Å². The minimum Gasteiger partial charge on any atom is -0.383 e. The van der Waals surface area contributed by atoms with Crippen LogP contribution in [-0.4, -0.2) is 248 Å². The normalized spacial score (nSPS) is 29.5. The number of nitrogen functional groups attached to an aromatic ring is 4. The lowest BCUT2D eigenvalue weighted by Crippen LogP contribution is -2.33. The summed E-state index contributed by atoms with van der Waals surface area (Å²) in [6.07, 6.45) is -18.8. The van der Waals surface area contributed by atoms with E-state index in [-0.39, 0.29) is 101 Å². The summed E-state index contributed by atoms with van der Waals surface area (Å²) in [6, 6.07) is 0. The molecule has 18 N–H and O–H groups in total. The summed E-state index contributed by atoms with van der Waals surface area (Å²) < 4.78 is 151. The number of nitrogens with zero attached hydrogens (tertiary/aromatic N) is 14. The van der Waals surface area contributed by atoms with Crippen molar-refractivity contribution < 1.29 is 130 Å². The van der Waals surface area contributed by atoms with E-state index in [4.69, 9.17) is 190 Å². The molecule has 0 bridgehead atoms. The van der Waals surface area contributed by atoms with Gasteiger partial charge in [0.05, 0.1) is 95.0 Å². The maximum Gasteiger partial charge on any atom is 0.386 e. The number of fused-ring (bicyclic) bond motifs is 2. The molecule has 7 saturated heterocycles. The molecular weight excluding hydrogens is 2210 g/mol. The zero-order valence-corrected chi connectivity index (χ0v) is 88.6. The first-order valence-electron chi connectivity index (χ1n) is 43.6. The molecule has 0 spiro atoms. The Morgan fingerprint density at radius 3 is 1.00 bits per heavy atom. The molecule has 0 saturated carbocycles. The molecule has 145 heavy (non-hydrogen) atoms. The highest BCUT2D eigenvalue weighted by Gasteiger charge is 2.52. The summed E-state index contributed by atoms with van der Waals surface area (Å²) in [5, 5.41) is 0. The number of ether oxygens (including phenoxy) is 7. The number of nitrogens with two attached hydrogens (primary N) is 4. The predicted octanol–water partition coefficient (Wildman–Crippen LogP) is 1.20. The standard InChI is InChI=1S/C72H97N22O37P7S7/c1-8-35-36(9-49(118-35)90-18-32(4)63(95)85-70(90)101)126-133(105,140)112-22-44-38(10-50(119-44)88-16-30(2)58(73)81-68(88)99)127-135(107,142)115-24-46-41(13-53(121-46)92-20-34(6)65(97)87-72(92)103)130-136(108,143)114-23-45-39(11-51(120-45)89-17-31(3)59(74)82-69(89)100)128-137(109,144)117-26-48-42(15-54(123-48)93-28-79-56-60(75)77-27-78-61(56)93)131-138(110,145)116-25-47-40(12-52(122-47)91-19-33(5)64(96)86-71(91)102)129-134(106,141)113-21-43-37(125-132(104,139)111-7)14-55(124-43)94-29-80-57-62(94)83-67(76)84-66(57)98/h16-20,27-29,35-55H,8-15,21-26H2,1-7H3,(H,104,139)(H,105,140)(H,106,141)(H,107,142)(H,108,143)(H,109,144)(H,110,145)(H2,73,81,99)(H2,74,82,100)(H2,75,77,78)(H,85,95,101)(H,86,96,102)(H,87,97,103)(H3,76,83,84,98)/t35-,36?,37?,38?,39?,40?,41?,42?,43-,44-,45-,46-,47-,48-,49-,50-,51-,52-,53-,54-,55-,132?,133?,134?,135?,136?,137?,138?/m1/s1. The molecule has 0 amide bonds. The zero-order chi connectivity index (χ0) is 105. The number of nitrogens with one attached hydrogen (secondary N) is 4. The molecule has 9 aromatic heterocycles. The van der Waals surface area contributed by atoms with Crippen molar-refractivity contribution in [2.24, 2.45) is 0 Å². The summed E-state index contributed by atoms with van der Waals surface area (Å²) in [7, 11) is 1.11. The molecule has 16 rings (SSSR count). The third-order valence-electron chi connectivity index (χ3n) is 24.0. The van der Waals surface area contributed by atoms with Crippen LogP contribution in [0.15, 0.2) is 93.1 Å². The van der Waals surface area contributed by atoms with Gasteiger partial charge in [-0.25, -0.2) is 48.5 Å². The lowest BCUT2D eigenvalue weighted by atomic mass is 10.1. The van der Waals surface area contributed by atoms with Gasteiger partial charge in [0.2, 0.25) is 5.95 Å². The maximum atomic E-state index is 14.8. The zero-order valence-electron chi connectivity index (χ0n) is 76.6. The molecule has 7 aliphatic heterocycles. The van der Waals surface area contributed by atoms with E-state index >= 15 is 0 Å². The molecule has 59 nitrogen and oxygen atoms in total. The van der Waals surface area contributed by atoms with Gasteiger partial charge >= 0.3 is 75.6 Å². The Kier molecular flexibility index (Phi) is 34.1. The third kappa shape index (κ3) is 26.3. The van der Waals surface area contributed by atoms with Crippen molar-refractivity contribution in [1.29, 1.82) is 0 Å². The number of aromatic amines is 4. The predicted molar refractivity (Wildman–Crippen MR) is 528 cm³/mol. The number of thiol groups is 1. The fourth-order valence-corrected chi connectivity index (χ4v) is 26.6. The van der Waals surface area contributed by atoms with E-state index in [1.54, 1.807) is 13.8 Å². The third-order valence-corrected chi connectivity index (χ3v) is 35.3. The van der Waals surface area contributed by atoms with Crippen molar-refractivity contribution in [3.63, 3.8) is 0 Å². The van der Waals surface area contributed by atoms with Crippen LogP contribution in [0.25, 0.3) is 22.3 Å². The van der Waals surface area contributed by atoms with Crippen molar-refractivity contribution in [2.45, 2.75) is 222 Å². The van der Waals surface area contributed by atoms with Crippen LogP contribution >= 0.6 is 59.4 Å².